The number of hydrogen-bond acceptors (Lipinski definition) is 3. The SMILES string of the molecule is Cc1cc(S(=O)(=O)N(Cc2ccccc2)C2CC2)cc(C(=O)O)c1F. The van der Waals surface area contributed by atoms with E-state index in [-0.39, 0.29) is 23.0 Å². The standard InChI is InChI=1S/C18H18FNO4S/c1-12-9-15(10-16(17(12)19)18(21)22)25(23,24)20(14-7-8-14)11-13-5-3-2-4-6-13/h2-6,9-10,14H,7-8,11H2,1H3,(H,21,22). The van der Waals surface area contributed by atoms with E-state index in [1.54, 1.807) is 0 Å². The predicted molar refractivity (Wildman–Crippen MR) is 90.3 cm³/mol. The maximum absolute atomic E-state index is 14.0. The summed E-state index contributed by atoms with van der Waals surface area (Å²) in [6.45, 7) is 1.56. The highest BCUT2D eigenvalue weighted by atomic mass is 32.2. The molecule has 7 heteroatoms. The Labute approximate surface area is 145 Å². The Hall–Kier alpha value is -2.25. The van der Waals surface area contributed by atoms with Crippen LogP contribution in [0.5, 0.6) is 0 Å². The first-order chi connectivity index (χ1) is 11.8. The van der Waals surface area contributed by atoms with Gasteiger partial charge in [0.15, 0.2) is 0 Å². The lowest BCUT2D eigenvalue weighted by Gasteiger charge is -2.22. The van der Waals surface area contributed by atoms with E-state index in [9.17, 15) is 17.6 Å². The van der Waals surface area contributed by atoms with Crippen LogP contribution in [0.2, 0.25) is 0 Å². The molecule has 1 fully saturated rings. The molecule has 1 N–H and O–H groups in total. The van der Waals surface area contributed by atoms with Gasteiger partial charge in [-0.2, -0.15) is 4.31 Å². The van der Waals surface area contributed by atoms with Crippen LogP contribution >= 0.6 is 0 Å². The molecule has 0 saturated heterocycles. The third-order valence-corrected chi connectivity index (χ3v) is 6.08. The zero-order valence-electron chi connectivity index (χ0n) is 13.6. The van der Waals surface area contributed by atoms with Crippen molar-refractivity contribution in [1.82, 2.24) is 4.31 Å². The molecule has 2 aromatic rings. The molecule has 0 aromatic heterocycles. The van der Waals surface area contributed by atoms with Crippen molar-refractivity contribution < 1.29 is 22.7 Å². The fourth-order valence-electron chi connectivity index (χ4n) is 2.71. The number of carboxylic acid groups (broad SMARTS) is 1. The Kier molecular flexibility index (Phi) is 4.62. The number of nitrogens with zero attached hydrogens (tertiary/aromatic N) is 1. The summed E-state index contributed by atoms with van der Waals surface area (Å²) in [5, 5.41) is 9.13. The fourth-order valence-corrected chi connectivity index (χ4v) is 4.50. The fraction of sp³-hybridized carbons (Fsp3) is 0.278. The van der Waals surface area contributed by atoms with Crippen molar-refractivity contribution in [2.24, 2.45) is 0 Å². The van der Waals surface area contributed by atoms with Crippen LogP contribution in [-0.2, 0) is 16.6 Å². The Morgan fingerprint density at radius 1 is 1.24 bits per heavy atom. The molecule has 5 nitrogen and oxygen atoms in total. The molecule has 0 amide bonds. The molecular formula is C18H18FNO4S. The lowest BCUT2D eigenvalue weighted by Crippen LogP contribution is -2.33. The van der Waals surface area contributed by atoms with Gasteiger partial charge in [-0.05, 0) is 43.0 Å². The highest BCUT2D eigenvalue weighted by molar-refractivity contribution is 7.89. The van der Waals surface area contributed by atoms with Crippen LogP contribution < -0.4 is 0 Å². The van der Waals surface area contributed by atoms with Gasteiger partial charge in [-0.1, -0.05) is 30.3 Å². The van der Waals surface area contributed by atoms with Crippen molar-refractivity contribution in [3.8, 4) is 0 Å². The molecule has 0 spiro atoms. The third kappa shape index (κ3) is 3.57. The summed E-state index contributed by atoms with van der Waals surface area (Å²) >= 11 is 0. The van der Waals surface area contributed by atoms with E-state index < -0.39 is 27.4 Å². The predicted octanol–water partition coefficient (Wildman–Crippen LogP) is 3.19. The number of halogens is 1. The summed E-state index contributed by atoms with van der Waals surface area (Å²) in [5.74, 6) is -2.40. The van der Waals surface area contributed by atoms with E-state index in [2.05, 4.69) is 0 Å². The smallest absolute Gasteiger partial charge is 0.338 e. The summed E-state index contributed by atoms with van der Waals surface area (Å²) in [6.07, 6.45) is 1.52. The van der Waals surface area contributed by atoms with Crippen LogP contribution in [0.25, 0.3) is 0 Å². The van der Waals surface area contributed by atoms with Crippen LogP contribution in [0.15, 0.2) is 47.4 Å². The maximum Gasteiger partial charge on any atom is 0.338 e. The highest BCUT2D eigenvalue weighted by Gasteiger charge is 2.38. The quantitative estimate of drug-likeness (QED) is 0.855. The van der Waals surface area contributed by atoms with Gasteiger partial charge < -0.3 is 5.11 Å². The number of aromatic carboxylic acids is 1. The van der Waals surface area contributed by atoms with Gasteiger partial charge in [0.1, 0.15) is 5.82 Å². The number of aryl methyl sites for hydroxylation is 1. The molecule has 1 aliphatic rings. The summed E-state index contributed by atoms with van der Waals surface area (Å²) < 4.78 is 41.5. The van der Waals surface area contributed by atoms with Crippen molar-refractivity contribution in [3.05, 3.63) is 65.0 Å². The van der Waals surface area contributed by atoms with Gasteiger partial charge in [0.25, 0.3) is 0 Å². The Morgan fingerprint density at radius 2 is 1.88 bits per heavy atom. The molecule has 0 heterocycles. The van der Waals surface area contributed by atoms with Gasteiger partial charge in [0.05, 0.1) is 10.5 Å². The summed E-state index contributed by atoms with van der Waals surface area (Å²) in [5.41, 5.74) is 0.207. The molecule has 1 aliphatic carbocycles. The van der Waals surface area contributed by atoms with E-state index in [0.29, 0.717) is 0 Å². The number of sulfonamides is 1. The molecule has 132 valence electrons. The van der Waals surface area contributed by atoms with E-state index in [1.165, 1.54) is 17.3 Å². The number of carbonyl (C=O) groups is 1. The van der Waals surface area contributed by atoms with E-state index in [1.807, 2.05) is 30.3 Å². The zero-order valence-corrected chi connectivity index (χ0v) is 14.5. The molecule has 2 aromatic carbocycles. The molecule has 0 bridgehead atoms. The average Bonchev–Trinajstić information content (AvgIpc) is 3.40. The van der Waals surface area contributed by atoms with Crippen LogP contribution in [-0.4, -0.2) is 29.8 Å². The number of rotatable bonds is 6. The first kappa shape index (κ1) is 17.6. The van der Waals surface area contributed by atoms with Crippen LogP contribution in [0.3, 0.4) is 0 Å². The van der Waals surface area contributed by atoms with Crippen molar-refractivity contribution in [1.29, 1.82) is 0 Å². The number of hydrogen-bond donors (Lipinski definition) is 1. The molecule has 0 unspecified atom stereocenters. The van der Waals surface area contributed by atoms with Gasteiger partial charge in [-0.3, -0.25) is 0 Å². The molecule has 0 radical (unpaired) electrons. The first-order valence-corrected chi connectivity index (χ1v) is 9.34. The highest BCUT2D eigenvalue weighted by Crippen LogP contribution is 2.34. The van der Waals surface area contributed by atoms with Gasteiger partial charge in [0, 0.05) is 12.6 Å². The summed E-state index contributed by atoms with van der Waals surface area (Å²) in [4.78, 5) is 11.0. The minimum absolute atomic E-state index is 0.00562. The number of benzene rings is 2. The summed E-state index contributed by atoms with van der Waals surface area (Å²) in [7, 11) is -3.93. The first-order valence-electron chi connectivity index (χ1n) is 7.90. The minimum atomic E-state index is -3.93. The molecule has 25 heavy (non-hydrogen) atoms. The second-order valence-corrected chi connectivity index (χ2v) is 8.06. The lowest BCUT2D eigenvalue weighted by molar-refractivity contribution is 0.0691. The van der Waals surface area contributed by atoms with Crippen molar-refractivity contribution in [3.63, 3.8) is 0 Å². The molecule has 0 aliphatic heterocycles. The normalized spacial score (nSPS) is 14.7. The maximum atomic E-state index is 14.0. The second kappa shape index (κ2) is 6.57. The summed E-state index contributed by atoms with van der Waals surface area (Å²) in [6, 6.07) is 11.2. The molecule has 1 saturated carbocycles. The van der Waals surface area contributed by atoms with E-state index in [4.69, 9.17) is 5.11 Å². The van der Waals surface area contributed by atoms with Crippen LogP contribution in [0.1, 0.15) is 34.3 Å². The molecular weight excluding hydrogens is 345 g/mol. The van der Waals surface area contributed by atoms with Crippen LogP contribution in [0.4, 0.5) is 4.39 Å². The van der Waals surface area contributed by atoms with Gasteiger partial charge in [-0.25, -0.2) is 17.6 Å². The lowest BCUT2D eigenvalue weighted by atomic mass is 10.1. The number of carboxylic acids is 1. The third-order valence-electron chi connectivity index (χ3n) is 4.20. The van der Waals surface area contributed by atoms with E-state index >= 15 is 0 Å². The van der Waals surface area contributed by atoms with Gasteiger partial charge >= 0.3 is 5.97 Å². The largest absolute Gasteiger partial charge is 0.478 e. The Bertz CT molecular complexity index is 908. The topological polar surface area (TPSA) is 74.7 Å². The van der Waals surface area contributed by atoms with Gasteiger partial charge in [0.2, 0.25) is 10.0 Å². The minimum Gasteiger partial charge on any atom is -0.478 e. The Balaban J connectivity index is 2.03. The van der Waals surface area contributed by atoms with Gasteiger partial charge in [-0.15, -0.1) is 0 Å². The zero-order chi connectivity index (χ0) is 18.2. The molecule has 0 atom stereocenters. The van der Waals surface area contributed by atoms with Crippen molar-refractivity contribution in [2.75, 3.05) is 0 Å². The van der Waals surface area contributed by atoms with Crippen LogP contribution in [0, 0.1) is 12.7 Å². The monoisotopic (exact) mass is 363 g/mol. The Morgan fingerprint density at radius 3 is 2.44 bits per heavy atom. The van der Waals surface area contributed by atoms with Crippen molar-refractivity contribution in [2.45, 2.75) is 37.2 Å². The van der Waals surface area contributed by atoms with E-state index in [0.717, 1.165) is 24.5 Å². The van der Waals surface area contributed by atoms with Crippen molar-refractivity contribution >= 4 is 16.0 Å². The average molecular weight is 363 g/mol. The second-order valence-electron chi connectivity index (χ2n) is 6.17. The molecule has 3 rings (SSSR count).